The van der Waals surface area contributed by atoms with Crippen molar-refractivity contribution in [2.24, 2.45) is 5.92 Å². The molecule has 0 aromatic carbocycles. The third-order valence-electron chi connectivity index (χ3n) is 3.63. The van der Waals surface area contributed by atoms with Crippen molar-refractivity contribution in [2.45, 2.75) is 45.2 Å². The van der Waals surface area contributed by atoms with Gasteiger partial charge in [0.1, 0.15) is 0 Å². The maximum absolute atomic E-state index is 12.0. The molecule has 0 radical (unpaired) electrons. The Morgan fingerprint density at radius 3 is 3.00 bits per heavy atom. The van der Waals surface area contributed by atoms with Crippen LogP contribution in [0.5, 0.6) is 0 Å². The van der Waals surface area contributed by atoms with Crippen molar-refractivity contribution in [3.05, 3.63) is 29.6 Å². The highest BCUT2D eigenvalue weighted by atomic mass is 16.2. The topological polar surface area (TPSA) is 54.0 Å². The maximum atomic E-state index is 12.0. The minimum absolute atomic E-state index is 0.0677. The number of fused-ring (bicyclic) bond motifs is 1. The van der Waals surface area contributed by atoms with Crippen LogP contribution < -0.4 is 10.6 Å². The lowest BCUT2D eigenvalue weighted by atomic mass is 10.0. The van der Waals surface area contributed by atoms with Gasteiger partial charge in [-0.25, -0.2) is 0 Å². The number of carbonyl (C=O) groups excluding carboxylic acids is 1. The monoisotopic (exact) mass is 261 g/mol. The van der Waals surface area contributed by atoms with E-state index in [0.29, 0.717) is 5.92 Å². The first-order chi connectivity index (χ1) is 9.11. The van der Waals surface area contributed by atoms with Crippen LogP contribution in [-0.4, -0.2) is 24.0 Å². The first-order valence-corrected chi connectivity index (χ1v) is 7.03. The Morgan fingerprint density at radius 1 is 1.53 bits per heavy atom. The molecule has 0 spiro atoms. The minimum atomic E-state index is -0.136. The van der Waals surface area contributed by atoms with Crippen LogP contribution in [0.25, 0.3) is 0 Å². The smallest absolute Gasteiger partial charge is 0.236 e. The van der Waals surface area contributed by atoms with Crippen molar-refractivity contribution in [3.8, 4) is 0 Å². The van der Waals surface area contributed by atoms with Crippen LogP contribution in [0.2, 0.25) is 0 Å². The van der Waals surface area contributed by atoms with Gasteiger partial charge in [-0.3, -0.25) is 15.1 Å². The van der Waals surface area contributed by atoms with Gasteiger partial charge in [0.25, 0.3) is 0 Å². The Labute approximate surface area is 115 Å². The van der Waals surface area contributed by atoms with Crippen LogP contribution in [-0.2, 0) is 11.2 Å². The zero-order valence-electron chi connectivity index (χ0n) is 11.9. The predicted molar refractivity (Wildman–Crippen MR) is 75.7 cm³/mol. The summed E-state index contributed by atoms with van der Waals surface area (Å²) in [6.45, 7) is 4.27. The van der Waals surface area contributed by atoms with Crippen LogP contribution in [0.4, 0.5) is 0 Å². The molecule has 19 heavy (non-hydrogen) atoms. The third-order valence-corrected chi connectivity index (χ3v) is 3.63. The molecule has 2 atom stereocenters. The molecule has 1 aromatic heterocycles. The van der Waals surface area contributed by atoms with E-state index in [-0.39, 0.29) is 18.0 Å². The van der Waals surface area contributed by atoms with Gasteiger partial charge in [0.15, 0.2) is 0 Å². The van der Waals surface area contributed by atoms with E-state index >= 15 is 0 Å². The van der Waals surface area contributed by atoms with E-state index in [1.165, 1.54) is 5.56 Å². The summed E-state index contributed by atoms with van der Waals surface area (Å²) in [6.07, 6.45) is 4.75. The number of amides is 1. The number of carbonyl (C=O) groups is 1. The fraction of sp³-hybridized carbons (Fsp3) is 0.600. The van der Waals surface area contributed by atoms with Gasteiger partial charge in [-0.1, -0.05) is 19.9 Å². The van der Waals surface area contributed by atoms with E-state index in [1.54, 1.807) is 7.05 Å². The average Bonchev–Trinajstić information content (AvgIpc) is 2.80. The van der Waals surface area contributed by atoms with E-state index < -0.39 is 0 Å². The van der Waals surface area contributed by atoms with Gasteiger partial charge in [0.2, 0.25) is 5.91 Å². The molecule has 1 aliphatic rings. The van der Waals surface area contributed by atoms with Crippen molar-refractivity contribution >= 4 is 5.91 Å². The molecule has 2 N–H and O–H groups in total. The van der Waals surface area contributed by atoms with Crippen LogP contribution in [0.3, 0.4) is 0 Å². The minimum Gasteiger partial charge on any atom is -0.358 e. The number of pyridine rings is 1. The number of rotatable bonds is 5. The van der Waals surface area contributed by atoms with E-state index in [2.05, 4.69) is 35.5 Å². The molecule has 2 unspecified atom stereocenters. The largest absolute Gasteiger partial charge is 0.358 e. The van der Waals surface area contributed by atoms with Gasteiger partial charge in [-0.15, -0.1) is 0 Å². The highest BCUT2D eigenvalue weighted by Gasteiger charge is 2.28. The summed E-state index contributed by atoms with van der Waals surface area (Å²) in [5.74, 6) is 0.553. The summed E-state index contributed by atoms with van der Waals surface area (Å²) in [6, 6.07) is 4.17. The summed E-state index contributed by atoms with van der Waals surface area (Å²) in [5.41, 5.74) is 2.42. The Balaban J connectivity index is 2.08. The SMILES string of the molecule is CNC(=O)C(CC(C)C)NC1CCc2cccnc21. The highest BCUT2D eigenvalue weighted by Crippen LogP contribution is 2.29. The summed E-state index contributed by atoms with van der Waals surface area (Å²) in [4.78, 5) is 16.4. The Bertz CT molecular complexity index is 445. The fourth-order valence-electron chi connectivity index (χ4n) is 2.71. The van der Waals surface area contributed by atoms with Crippen molar-refractivity contribution in [1.82, 2.24) is 15.6 Å². The molecular weight excluding hydrogens is 238 g/mol. The number of nitrogens with one attached hydrogen (secondary N) is 2. The van der Waals surface area contributed by atoms with Crippen molar-refractivity contribution in [3.63, 3.8) is 0 Å². The lowest BCUT2D eigenvalue weighted by Gasteiger charge is -2.23. The lowest BCUT2D eigenvalue weighted by molar-refractivity contribution is -0.123. The molecule has 4 heteroatoms. The zero-order valence-corrected chi connectivity index (χ0v) is 11.9. The van der Waals surface area contributed by atoms with Gasteiger partial charge >= 0.3 is 0 Å². The lowest BCUT2D eigenvalue weighted by Crippen LogP contribution is -2.45. The Hall–Kier alpha value is -1.42. The maximum Gasteiger partial charge on any atom is 0.236 e. The van der Waals surface area contributed by atoms with Crippen molar-refractivity contribution in [2.75, 3.05) is 7.05 Å². The first-order valence-electron chi connectivity index (χ1n) is 7.03. The molecule has 0 bridgehead atoms. The second kappa shape index (κ2) is 6.15. The summed E-state index contributed by atoms with van der Waals surface area (Å²) < 4.78 is 0. The molecule has 1 aromatic rings. The highest BCUT2D eigenvalue weighted by molar-refractivity contribution is 5.81. The number of hydrogen-bond donors (Lipinski definition) is 2. The van der Waals surface area contributed by atoms with Gasteiger partial charge in [0.05, 0.1) is 17.8 Å². The van der Waals surface area contributed by atoms with Crippen LogP contribution in [0.1, 0.15) is 44.0 Å². The molecule has 1 heterocycles. The second-order valence-corrected chi connectivity index (χ2v) is 5.60. The van der Waals surface area contributed by atoms with E-state index in [4.69, 9.17) is 0 Å². The summed E-state index contributed by atoms with van der Waals surface area (Å²) >= 11 is 0. The molecule has 104 valence electrons. The molecule has 1 aliphatic carbocycles. The van der Waals surface area contributed by atoms with Gasteiger partial charge in [-0.2, -0.15) is 0 Å². The molecule has 1 amide bonds. The average molecular weight is 261 g/mol. The van der Waals surface area contributed by atoms with Crippen molar-refractivity contribution < 1.29 is 4.79 Å². The predicted octanol–water partition coefficient (Wildman–Crippen LogP) is 1.82. The van der Waals surface area contributed by atoms with Gasteiger partial charge < -0.3 is 5.32 Å². The zero-order chi connectivity index (χ0) is 13.8. The summed E-state index contributed by atoms with van der Waals surface area (Å²) in [5, 5.41) is 6.23. The standard InChI is InChI=1S/C15H23N3O/c1-10(2)9-13(15(19)16-3)18-12-7-6-11-5-4-8-17-14(11)12/h4-5,8,10,12-13,18H,6-7,9H2,1-3H3,(H,16,19). The molecular formula is C15H23N3O. The second-order valence-electron chi connectivity index (χ2n) is 5.60. The van der Waals surface area contributed by atoms with Crippen LogP contribution in [0, 0.1) is 5.92 Å². The summed E-state index contributed by atoms with van der Waals surface area (Å²) in [7, 11) is 1.69. The molecule has 4 nitrogen and oxygen atoms in total. The van der Waals surface area contributed by atoms with Crippen LogP contribution >= 0.6 is 0 Å². The third kappa shape index (κ3) is 3.32. The van der Waals surface area contributed by atoms with Gasteiger partial charge in [0, 0.05) is 13.2 Å². The normalized spacial score (nSPS) is 19.3. The first kappa shape index (κ1) is 14.0. The van der Waals surface area contributed by atoms with Gasteiger partial charge in [-0.05, 0) is 36.8 Å². The quantitative estimate of drug-likeness (QED) is 0.850. The molecule has 0 saturated heterocycles. The van der Waals surface area contributed by atoms with Crippen LogP contribution in [0.15, 0.2) is 18.3 Å². The number of aromatic nitrogens is 1. The van der Waals surface area contributed by atoms with E-state index in [9.17, 15) is 4.79 Å². The molecule has 0 saturated carbocycles. The Morgan fingerprint density at radius 2 is 2.32 bits per heavy atom. The Kier molecular flexibility index (Phi) is 4.53. The number of likely N-dealkylation sites (N-methyl/N-ethyl adjacent to an activating group) is 1. The molecule has 0 fully saturated rings. The molecule has 0 aliphatic heterocycles. The fourth-order valence-corrected chi connectivity index (χ4v) is 2.71. The van der Waals surface area contributed by atoms with Crippen molar-refractivity contribution in [1.29, 1.82) is 0 Å². The number of aryl methyl sites for hydroxylation is 1. The van der Waals surface area contributed by atoms with E-state index in [1.807, 2.05) is 12.3 Å². The number of nitrogens with zero attached hydrogens (tertiary/aromatic N) is 1. The van der Waals surface area contributed by atoms with E-state index in [0.717, 1.165) is 25.0 Å². The molecule has 2 rings (SSSR count). The number of hydrogen-bond acceptors (Lipinski definition) is 3.